The summed E-state index contributed by atoms with van der Waals surface area (Å²) in [5, 5.41) is 7.64. The molecule has 0 bridgehead atoms. The van der Waals surface area contributed by atoms with Crippen LogP contribution in [0.25, 0.3) is 11.4 Å². The summed E-state index contributed by atoms with van der Waals surface area (Å²) in [5.41, 5.74) is 0.725. The van der Waals surface area contributed by atoms with E-state index < -0.39 is 0 Å². The molecule has 2 fully saturated rings. The molecule has 6 nitrogen and oxygen atoms in total. The van der Waals surface area contributed by atoms with Gasteiger partial charge >= 0.3 is 0 Å². The third-order valence-electron chi connectivity index (χ3n) is 4.84. The van der Waals surface area contributed by atoms with Crippen LogP contribution in [0.15, 0.2) is 28.8 Å². The van der Waals surface area contributed by atoms with E-state index in [0.29, 0.717) is 30.8 Å². The molecule has 122 valence electrons. The number of rotatable bonds is 4. The van der Waals surface area contributed by atoms with E-state index in [1.165, 1.54) is 0 Å². The van der Waals surface area contributed by atoms with Crippen LogP contribution in [0, 0.1) is 5.92 Å². The molecule has 2 aliphatic heterocycles. The average molecular weight is 315 g/mol. The lowest BCUT2D eigenvalue weighted by Crippen LogP contribution is -2.44. The molecule has 0 unspecified atom stereocenters. The second-order valence-electron chi connectivity index (χ2n) is 6.21. The topological polar surface area (TPSA) is 69.4 Å². The van der Waals surface area contributed by atoms with E-state index >= 15 is 0 Å². The van der Waals surface area contributed by atoms with Gasteiger partial charge in [0.05, 0.1) is 18.6 Å². The quantitative estimate of drug-likeness (QED) is 0.931. The van der Waals surface area contributed by atoms with Crippen molar-refractivity contribution in [2.24, 2.45) is 5.92 Å². The van der Waals surface area contributed by atoms with Crippen LogP contribution in [0.1, 0.15) is 19.2 Å². The largest absolute Gasteiger partial charge is 0.494 e. The van der Waals surface area contributed by atoms with Gasteiger partial charge in [-0.1, -0.05) is 17.3 Å². The number of hydrogen-bond donors (Lipinski definition) is 1. The summed E-state index contributed by atoms with van der Waals surface area (Å²) in [7, 11) is 0. The summed E-state index contributed by atoms with van der Waals surface area (Å²) in [4.78, 5) is 4.69. The third-order valence-corrected chi connectivity index (χ3v) is 4.84. The Kier molecular flexibility index (Phi) is 3.79. The van der Waals surface area contributed by atoms with Crippen LogP contribution in [0.2, 0.25) is 0 Å². The first-order valence-electron chi connectivity index (χ1n) is 8.18. The smallest absolute Gasteiger partial charge is 0.237 e. The molecule has 2 aromatic rings. The standard InChI is InChI=1S/C17H21N3O3/c1-2-22-14-5-3-4-12(8-14)15-19-16(23-20-15)17-10-18-9-13(17)6-7-21-11-17/h3-5,8,13,18H,2,6-7,9-11H2,1H3/t13-,17+/m1/s1. The van der Waals surface area contributed by atoms with E-state index in [9.17, 15) is 0 Å². The maximum absolute atomic E-state index is 5.72. The number of hydrogen-bond acceptors (Lipinski definition) is 6. The molecule has 3 heterocycles. The summed E-state index contributed by atoms with van der Waals surface area (Å²) in [5.74, 6) is 2.60. The fourth-order valence-corrected chi connectivity index (χ4v) is 3.58. The zero-order chi connectivity index (χ0) is 15.7. The van der Waals surface area contributed by atoms with E-state index in [0.717, 1.165) is 37.4 Å². The van der Waals surface area contributed by atoms with Gasteiger partial charge in [0.1, 0.15) is 5.75 Å². The van der Waals surface area contributed by atoms with Crippen molar-refractivity contribution in [3.8, 4) is 17.1 Å². The van der Waals surface area contributed by atoms with Gasteiger partial charge in [0.15, 0.2) is 0 Å². The Morgan fingerprint density at radius 3 is 3.30 bits per heavy atom. The minimum Gasteiger partial charge on any atom is -0.494 e. The molecule has 6 heteroatoms. The minimum absolute atomic E-state index is 0.180. The van der Waals surface area contributed by atoms with E-state index in [4.69, 9.17) is 14.0 Å². The van der Waals surface area contributed by atoms with Gasteiger partial charge in [0, 0.05) is 18.7 Å². The van der Waals surface area contributed by atoms with Crippen molar-refractivity contribution >= 4 is 0 Å². The van der Waals surface area contributed by atoms with Gasteiger partial charge in [-0.2, -0.15) is 4.98 Å². The summed E-state index contributed by atoms with van der Waals surface area (Å²) in [6, 6.07) is 7.78. The molecule has 2 atom stereocenters. The Hall–Kier alpha value is -1.92. The first-order chi connectivity index (χ1) is 11.3. The monoisotopic (exact) mass is 315 g/mol. The molecule has 1 N–H and O–H groups in total. The predicted molar refractivity (Wildman–Crippen MR) is 84.4 cm³/mol. The van der Waals surface area contributed by atoms with Crippen LogP contribution in [-0.4, -0.2) is 43.1 Å². The van der Waals surface area contributed by atoms with E-state index in [1.807, 2.05) is 31.2 Å². The van der Waals surface area contributed by atoms with Crippen molar-refractivity contribution in [1.82, 2.24) is 15.5 Å². The second kappa shape index (κ2) is 5.94. The number of ether oxygens (including phenoxy) is 2. The molecular formula is C17H21N3O3. The van der Waals surface area contributed by atoms with E-state index in [1.54, 1.807) is 0 Å². The molecule has 0 aliphatic carbocycles. The van der Waals surface area contributed by atoms with Gasteiger partial charge in [-0.05, 0) is 37.9 Å². The van der Waals surface area contributed by atoms with E-state index in [2.05, 4.69) is 15.5 Å². The maximum Gasteiger partial charge on any atom is 0.237 e. The van der Waals surface area contributed by atoms with Crippen molar-refractivity contribution in [1.29, 1.82) is 0 Å². The maximum atomic E-state index is 5.72. The number of fused-ring (bicyclic) bond motifs is 1. The SMILES string of the molecule is CCOc1cccc(-c2noc([C@]34CNC[C@H]3CCOC4)n2)c1. The second-order valence-corrected chi connectivity index (χ2v) is 6.21. The summed E-state index contributed by atoms with van der Waals surface area (Å²) in [6.07, 6.45) is 1.03. The third kappa shape index (κ3) is 2.52. The first-order valence-corrected chi connectivity index (χ1v) is 8.18. The lowest BCUT2D eigenvalue weighted by atomic mass is 9.75. The Morgan fingerprint density at radius 1 is 1.43 bits per heavy atom. The molecular weight excluding hydrogens is 294 g/mol. The Balaban J connectivity index is 1.65. The number of nitrogens with zero attached hydrogens (tertiary/aromatic N) is 2. The van der Waals surface area contributed by atoms with Crippen molar-refractivity contribution in [3.05, 3.63) is 30.2 Å². The van der Waals surface area contributed by atoms with E-state index in [-0.39, 0.29) is 5.41 Å². The fourth-order valence-electron chi connectivity index (χ4n) is 3.58. The van der Waals surface area contributed by atoms with Gasteiger partial charge in [0.25, 0.3) is 0 Å². The molecule has 1 aromatic carbocycles. The van der Waals surface area contributed by atoms with Crippen LogP contribution >= 0.6 is 0 Å². The molecule has 0 spiro atoms. The van der Waals surface area contributed by atoms with Crippen LogP contribution in [-0.2, 0) is 10.2 Å². The average Bonchev–Trinajstić information content (AvgIpc) is 3.23. The van der Waals surface area contributed by atoms with Crippen molar-refractivity contribution in [2.45, 2.75) is 18.8 Å². The molecule has 2 saturated heterocycles. The summed E-state index contributed by atoms with van der Waals surface area (Å²) < 4.78 is 16.9. The van der Waals surface area contributed by atoms with Crippen LogP contribution in [0.4, 0.5) is 0 Å². The molecule has 1 aromatic heterocycles. The van der Waals surface area contributed by atoms with Crippen molar-refractivity contribution in [2.75, 3.05) is 32.9 Å². The summed E-state index contributed by atoms with van der Waals surface area (Å²) >= 11 is 0. The predicted octanol–water partition coefficient (Wildman–Crippen LogP) is 2.01. The Labute approximate surface area is 135 Å². The lowest BCUT2D eigenvalue weighted by Gasteiger charge is -2.34. The van der Waals surface area contributed by atoms with Crippen LogP contribution < -0.4 is 10.1 Å². The Bertz CT molecular complexity index is 687. The minimum atomic E-state index is -0.180. The van der Waals surface area contributed by atoms with Gasteiger partial charge in [0.2, 0.25) is 11.7 Å². The lowest BCUT2D eigenvalue weighted by molar-refractivity contribution is 0.00198. The molecule has 2 aliphatic rings. The highest BCUT2D eigenvalue weighted by Crippen LogP contribution is 2.40. The number of aromatic nitrogens is 2. The summed E-state index contributed by atoms with van der Waals surface area (Å²) in [6.45, 7) is 5.87. The number of nitrogens with one attached hydrogen (secondary N) is 1. The number of benzene rings is 1. The highest BCUT2D eigenvalue weighted by atomic mass is 16.5. The molecule has 4 rings (SSSR count). The molecule has 0 radical (unpaired) electrons. The molecule has 0 amide bonds. The van der Waals surface area contributed by atoms with Crippen molar-refractivity contribution < 1.29 is 14.0 Å². The highest BCUT2D eigenvalue weighted by molar-refractivity contribution is 5.57. The van der Waals surface area contributed by atoms with Crippen LogP contribution in [0.5, 0.6) is 5.75 Å². The first kappa shape index (κ1) is 14.7. The fraction of sp³-hybridized carbons (Fsp3) is 0.529. The molecule has 23 heavy (non-hydrogen) atoms. The van der Waals surface area contributed by atoms with Gasteiger partial charge < -0.3 is 19.3 Å². The zero-order valence-electron chi connectivity index (χ0n) is 13.2. The molecule has 0 saturated carbocycles. The van der Waals surface area contributed by atoms with Gasteiger partial charge in [-0.3, -0.25) is 0 Å². The Morgan fingerprint density at radius 2 is 2.39 bits per heavy atom. The van der Waals surface area contributed by atoms with Gasteiger partial charge in [-0.25, -0.2) is 0 Å². The van der Waals surface area contributed by atoms with Crippen LogP contribution in [0.3, 0.4) is 0 Å². The zero-order valence-corrected chi connectivity index (χ0v) is 13.2. The van der Waals surface area contributed by atoms with Gasteiger partial charge in [-0.15, -0.1) is 0 Å². The normalized spacial score (nSPS) is 26.9. The highest BCUT2D eigenvalue weighted by Gasteiger charge is 2.50. The van der Waals surface area contributed by atoms with Crippen molar-refractivity contribution in [3.63, 3.8) is 0 Å².